The highest BCUT2D eigenvalue weighted by molar-refractivity contribution is 5.71. The number of rotatable bonds is 52. The lowest BCUT2D eigenvalue weighted by atomic mass is 10.0. The quantitative estimate of drug-likeness (QED) is 0.0261. The number of carbonyl (C=O) groups is 3. The third kappa shape index (κ3) is 56.9. The first kappa shape index (κ1) is 67.1. The van der Waals surface area contributed by atoms with E-state index in [2.05, 4.69) is 124 Å². The SMILES string of the molecule is CC/C=C\C/C=C\C/C=C\C/C=C\CCCCC(=O)OC[C@H](COC(=O)CC/C=C\C/C=C\C/C=C\C/C=C\C/C=C\CCCCC)OC(=O)CCCCCCCCCCCCCCCCCCCCC. The number of carbonyl (C=O) groups excluding carboxylic acids is 3. The number of esters is 3. The van der Waals surface area contributed by atoms with Gasteiger partial charge in [-0.1, -0.05) is 259 Å². The molecule has 0 saturated heterocycles. The topological polar surface area (TPSA) is 78.9 Å². The van der Waals surface area contributed by atoms with Gasteiger partial charge in [0.1, 0.15) is 13.2 Å². The zero-order chi connectivity index (χ0) is 51.4. The van der Waals surface area contributed by atoms with Gasteiger partial charge in [0.05, 0.1) is 0 Å². The number of hydrogen-bond donors (Lipinski definition) is 0. The zero-order valence-corrected chi connectivity index (χ0v) is 46.2. The van der Waals surface area contributed by atoms with Crippen molar-refractivity contribution in [3.05, 3.63) is 109 Å². The van der Waals surface area contributed by atoms with Gasteiger partial charge in [-0.2, -0.15) is 0 Å². The van der Waals surface area contributed by atoms with Crippen molar-refractivity contribution in [3.8, 4) is 0 Å². The molecule has 0 unspecified atom stereocenters. The Morgan fingerprint density at radius 2 is 0.577 bits per heavy atom. The average Bonchev–Trinajstić information content (AvgIpc) is 3.37. The van der Waals surface area contributed by atoms with Crippen LogP contribution < -0.4 is 0 Å². The van der Waals surface area contributed by atoms with Gasteiger partial charge in [0.15, 0.2) is 6.10 Å². The summed E-state index contributed by atoms with van der Waals surface area (Å²) in [7, 11) is 0. The highest BCUT2D eigenvalue weighted by atomic mass is 16.6. The van der Waals surface area contributed by atoms with Gasteiger partial charge in [-0.05, 0) is 96.3 Å². The average molecular weight is 986 g/mol. The normalized spacial score (nSPS) is 12.9. The van der Waals surface area contributed by atoms with Crippen molar-refractivity contribution in [2.45, 2.75) is 271 Å². The van der Waals surface area contributed by atoms with E-state index in [0.717, 1.165) is 83.5 Å². The van der Waals surface area contributed by atoms with Crippen LogP contribution in [0.1, 0.15) is 265 Å². The van der Waals surface area contributed by atoms with Gasteiger partial charge < -0.3 is 14.2 Å². The van der Waals surface area contributed by atoms with Crippen molar-refractivity contribution in [2.24, 2.45) is 0 Å². The van der Waals surface area contributed by atoms with E-state index < -0.39 is 6.10 Å². The van der Waals surface area contributed by atoms with Crippen LogP contribution in [0.4, 0.5) is 0 Å². The van der Waals surface area contributed by atoms with Gasteiger partial charge in [0.2, 0.25) is 0 Å². The second-order valence-electron chi connectivity index (χ2n) is 19.2. The molecule has 6 nitrogen and oxygen atoms in total. The summed E-state index contributed by atoms with van der Waals surface area (Å²) in [6, 6.07) is 0. The third-order valence-corrected chi connectivity index (χ3v) is 12.3. The van der Waals surface area contributed by atoms with Crippen LogP contribution in [-0.2, 0) is 28.6 Å². The lowest BCUT2D eigenvalue weighted by molar-refractivity contribution is -0.166. The number of unbranched alkanes of at least 4 members (excludes halogenated alkanes) is 23. The fourth-order valence-corrected chi connectivity index (χ4v) is 7.89. The predicted octanol–water partition coefficient (Wildman–Crippen LogP) is 19.9. The second kappa shape index (κ2) is 58.6. The minimum absolute atomic E-state index is 0.122. The molecule has 0 rings (SSSR count). The lowest BCUT2D eigenvalue weighted by Crippen LogP contribution is -2.30. The Morgan fingerprint density at radius 1 is 0.296 bits per heavy atom. The predicted molar refractivity (Wildman–Crippen MR) is 307 cm³/mol. The summed E-state index contributed by atoms with van der Waals surface area (Å²) in [6.45, 7) is 6.41. The number of allylic oxidation sites excluding steroid dienone is 18. The number of ether oxygens (including phenoxy) is 3. The summed E-state index contributed by atoms with van der Waals surface area (Å²) < 4.78 is 16.8. The van der Waals surface area contributed by atoms with E-state index in [0.29, 0.717) is 25.7 Å². The van der Waals surface area contributed by atoms with E-state index in [9.17, 15) is 14.4 Å². The fraction of sp³-hybridized carbons (Fsp3) is 0.677. The van der Waals surface area contributed by atoms with Crippen molar-refractivity contribution >= 4 is 17.9 Å². The summed E-state index contributed by atoms with van der Waals surface area (Å²) in [6.07, 6.45) is 79.5. The molecule has 0 aromatic carbocycles. The summed E-state index contributed by atoms with van der Waals surface area (Å²) >= 11 is 0. The van der Waals surface area contributed by atoms with Crippen molar-refractivity contribution in [2.75, 3.05) is 13.2 Å². The van der Waals surface area contributed by atoms with E-state index in [1.807, 2.05) is 6.08 Å². The molecule has 404 valence electrons. The van der Waals surface area contributed by atoms with E-state index in [4.69, 9.17) is 14.2 Å². The van der Waals surface area contributed by atoms with Crippen LogP contribution in [0.15, 0.2) is 109 Å². The summed E-state index contributed by atoms with van der Waals surface area (Å²) in [5.41, 5.74) is 0. The smallest absolute Gasteiger partial charge is 0.306 e. The van der Waals surface area contributed by atoms with Crippen molar-refractivity contribution < 1.29 is 28.6 Å². The van der Waals surface area contributed by atoms with Crippen LogP contribution >= 0.6 is 0 Å². The van der Waals surface area contributed by atoms with Crippen LogP contribution in [0.3, 0.4) is 0 Å². The minimum Gasteiger partial charge on any atom is -0.462 e. The Bertz CT molecular complexity index is 1460. The van der Waals surface area contributed by atoms with E-state index >= 15 is 0 Å². The van der Waals surface area contributed by atoms with Gasteiger partial charge in [-0.25, -0.2) is 0 Å². The molecular weight excluding hydrogens is 877 g/mol. The first-order valence-electron chi connectivity index (χ1n) is 29.4. The molecule has 0 amide bonds. The Kier molecular flexibility index (Phi) is 55.4. The number of hydrogen-bond acceptors (Lipinski definition) is 6. The molecule has 6 heteroatoms. The molecule has 1 atom stereocenters. The highest BCUT2D eigenvalue weighted by Gasteiger charge is 2.19. The minimum atomic E-state index is -0.826. The van der Waals surface area contributed by atoms with Crippen molar-refractivity contribution in [1.29, 1.82) is 0 Å². The first-order valence-corrected chi connectivity index (χ1v) is 29.4. The molecule has 0 radical (unpaired) electrons. The van der Waals surface area contributed by atoms with Crippen LogP contribution in [0, 0.1) is 0 Å². The van der Waals surface area contributed by atoms with Gasteiger partial charge >= 0.3 is 17.9 Å². The van der Waals surface area contributed by atoms with E-state index in [-0.39, 0.29) is 37.5 Å². The molecule has 71 heavy (non-hydrogen) atoms. The lowest BCUT2D eigenvalue weighted by Gasteiger charge is -2.18. The molecule has 0 saturated carbocycles. The Balaban J connectivity index is 4.53. The van der Waals surface area contributed by atoms with Crippen LogP contribution in [-0.4, -0.2) is 37.2 Å². The van der Waals surface area contributed by atoms with Crippen molar-refractivity contribution in [1.82, 2.24) is 0 Å². The molecule has 0 fully saturated rings. The summed E-state index contributed by atoms with van der Waals surface area (Å²) in [5.74, 6) is -1.04. The maximum absolute atomic E-state index is 12.9. The van der Waals surface area contributed by atoms with Gasteiger partial charge in [-0.3, -0.25) is 14.4 Å². The maximum atomic E-state index is 12.9. The van der Waals surface area contributed by atoms with Gasteiger partial charge in [0, 0.05) is 19.3 Å². The fourth-order valence-electron chi connectivity index (χ4n) is 7.89. The third-order valence-electron chi connectivity index (χ3n) is 12.3. The standard InChI is InChI=1S/C65H108O6/c1-4-7-10-13-16-19-22-25-28-30-32-34-37-40-43-46-49-52-55-58-64(67)70-61-62(60-69-63(66)57-54-51-48-45-42-39-36-27-24-21-18-15-12-9-6-3)71-65(68)59-56-53-50-47-44-41-38-35-33-31-29-26-23-20-17-14-11-8-5-2/h9,12,16,18-19,21,25,27-28,32,34,36,40,42-43,45,49,52,62H,4-8,10-11,13-15,17,20,22-24,26,29-31,33,35,37-39,41,44,46-48,50-51,53-61H2,1-3H3/b12-9-,19-16-,21-18-,28-25-,34-32-,36-27-,43-40-,45-42-,52-49-/t62-/m1/s1. The molecule has 0 bridgehead atoms. The molecular formula is C65H108O6. The Hall–Kier alpha value is -3.93. The Morgan fingerprint density at radius 3 is 0.972 bits per heavy atom. The van der Waals surface area contributed by atoms with Gasteiger partial charge in [-0.15, -0.1) is 0 Å². The molecule has 0 aliphatic rings. The molecule has 0 heterocycles. The molecule has 0 aromatic heterocycles. The maximum Gasteiger partial charge on any atom is 0.306 e. The van der Waals surface area contributed by atoms with E-state index in [1.165, 1.54) is 128 Å². The van der Waals surface area contributed by atoms with E-state index in [1.54, 1.807) is 0 Å². The molecule has 0 aromatic rings. The molecule has 0 spiro atoms. The van der Waals surface area contributed by atoms with Crippen LogP contribution in [0.2, 0.25) is 0 Å². The summed E-state index contributed by atoms with van der Waals surface area (Å²) in [5, 5.41) is 0. The van der Waals surface area contributed by atoms with Crippen LogP contribution in [0.5, 0.6) is 0 Å². The molecule has 0 N–H and O–H groups in total. The second-order valence-corrected chi connectivity index (χ2v) is 19.2. The molecule has 0 aliphatic carbocycles. The summed E-state index contributed by atoms with van der Waals surface area (Å²) in [4.78, 5) is 38.1. The highest BCUT2D eigenvalue weighted by Crippen LogP contribution is 2.16. The van der Waals surface area contributed by atoms with Crippen LogP contribution in [0.25, 0.3) is 0 Å². The van der Waals surface area contributed by atoms with Crippen molar-refractivity contribution in [3.63, 3.8) is 0 Å². The molecule has 0 aliphatic heterocycles. The monoisotopic (exact) mass is 985 g/mol. The zero-order valence-electron chi connectivity index (χ0n) is 46.2. The first-order chi connectivity index (χ1) is 35.0. The Labute approximate surface area is 438 Å². The largest absolute Gasteiger partial charge is 0.462 e. The van der Waals surface area contributed by atoms with Gasteiger partial charge in [0.25, 0.3) is 0 Å².